The van der Waals surface area contributed by atoms with E-state index in [0.29, 0.717) is 22.7 Å². The molecule has 6 heteroatoms. The van der Waals surface area contributed by atoms with Crippen molar-refractivity contribution >= 4 is 16.9 Å². The molecule has 3 rings (SSSR count). The van der Waals surface area contributed by atoms with Crippen LogP contribution in [-0.2, 0) is 0 Å². The number of hydrogen-bond acceptors (Lipinski definition) is 4. The van der Waals surface area contributed by atoms with E-state index in [2.05, 4.69) is 9.97 Å². The number of H-pyrrole nitrogens is 1. The standard InChI is InChI=1S/C15H13N3O3/c1-21-13-5-3-2-4-10(13)14-16-11-7-6-9(15(19)18-20)8-12(11)17-14/h2-8,20H,1H3,(H,16,17)(H,18,19). The first kappa shape index (κ1) is 13.1. The molecule has 0 saturated heterocycles. The Morgan fingerprint density at radius 1 is 1.29 bits per heavy atom. The van der Waals surface area contributed by atoms with Crippen LogP contribution in [0.2, 0.25) is 0 Å². The predicted octanol–water partition coefficient (Wildman–Crippen LogP) is 2.36. The van der Waals surface area contributed by atoms with Crippen molar-refractivity contribution in [2.75, 3.05) is 7.11 Å². The number of aromatic amines is 1. The number of amides is 1. The number of rotatable bonds is 3. The first-order chi connectivity index (χ1) is 10.2. The summed E-state index contributed by atoms with van der Waals surface area (Å²) in [4.78, 5) is 19.1. The van der Waals surface area contributed by atoms with E-state index in [1.54, 1.807) is 30.8 Å². The van der Waals surface area contributed by atoms with Gasteiger partial charge in [0.2, 0.25) is 0 Å². The van der Waals surface area contributed by atoms with Crippen LogP contribution >= 0.6 is 0 Å². The molecule has 0 fully saturated rings. The van der Waals surface area contributed by atoms with Gasteiger partial charge in [-0.05, 0) is 30.3 Å². The quantitative estimate of drug-likeness (QED) is 0.508. The molecule has 3 N–H and O–H groups in total. The molecule has 0 radical (unpaired) electrons. The minimum absolute atomic E-state index is 0.347. The number of imidazole rings is 1. The lowest BCUT2D eigenvalue weighted by Crippen LogP contribution is -2.18. The third-order valence-electron chi connectivity index (χ3n) is 3.21. The number of fused-ring (bicyclic) bond motifs is 1. The van der Waals surface area contributed by atoms with E-state index in [0.717, 1.165) is 11.1 Å². The van der Waals surface area contributed by atoms with Gasteiger partial charge in [0, 0.05) is 5.56 Å². The zero-order valence-electron chi connectivity index (χ0n) is 11.3. The summed E-state index contributed by atoms with van der Waals surface area (Å²) in [5, 5.41) is 8.67. The van der Waals surface area contributed by atoms with Gasteiger partial charge in [0.15, 0.2) is 0 Å². The van der Waals surface area contributed by atoms with E-state index >= 15 is 0 Å². The van der Waals surface area contributed by atoms with Crippen LogP contribution in [0.5, 0.6) is 5.75 Å². The van der Waals surface area contributed by atoms with Crippen molar-refractivity contribution in [3.05, 3.63) is 48.0 Å². The SMILES string of the molecule is COc1ccccc1-c1nc2ccc(C(=O)NO)cc2[nH]1. The molecule has 1 heterocycles. The molecule has 0 aliphatic carbocycles. The zero-order chi connectivity index (χ0) is 14.8. The van der Waals surface area contributed by atoms with Gasteiger partial charge in [-0.15, -0.1) is 0 Å². The fourth-order valence-corrected chi connectivity index (χ4v) is 2.18. The Bertz CT molecular complexity index is 811. The third-order valence-corrected chi connectivity index (χ3v) is 3.21. The average Bonchev–Trinajstić information content (AvgIpc) is 2.96. The van der Waals surface area contributed by atoms with Crippen LogP contribution in [0.15, 0.2) is 42.5 Å². The van der Waals surface area contributed by atoms with Crippen LogP contribution in [0.1, 0.15) is 10.4 Å². The average molecular weight is 283 g/mol. The summed E-state index contributed by atoms with van der Waals surface area (Å²) in [5.74, 6) is 0.805. The van der Waals surface area contributed by atoms with Crippen molar-refractivity contribution in [1.82, 2.24) is 15.4 Å². The number of aromatic nitrogens is 2. The number of nitrogens with one attached hydrogen (secondary N) is 2. The summed E-state index contributed by atoms with van der Waals surface area (Å²) >= 11 is 0. The normalized spacial score (nSPS) is 10.6. The first-order valence-electron chi connectivity index (χ1n) is 6.30. The summed E-state index contributed by atoms with van der Waals surface area (Å²) in [6, 6.07) is 12.5. The van der Waals surface area contributed by atoms with E-state index in [9.17, 15) is 4.79 Å². The van der Waals surface area contributed by atoms with E-state index in [1.807, 2.05) is 24.3 Å². The molecule has 0 unspecified atom stereocenters. The van der Waals surface area contributed by atoms with Crippen LogP contribution in [0.4, 0.5) is 0 Å². The Morgan fingerprint density at radius 2 is 2.10 bits per heavy atom. The molecule has 21 heavy (non-hydrogen) atoms. The van der Waals surface area contributed by atoms with Crippen molar-refractivity contribution in [1.29, 1.82) is 0 Å². The largest absolute Gasteiger partial charge is 0.496 e. The van der Waals surface area contributed by atoms with Gasteiger partial charge in [-0.2, -0.15) is 0 Å². The predicted molar refractivity (Wildman–Crippen MR) is 77.3 cm³/mol. The van der Waals surface area contributed by atoms with Crippen molar-refractivity contribution < 1.29 is 14.7 Å². The number of hydrogen-bond donors (Lipinski definition) is 3. The number of ether oxygens (including phenoxy) is 1. The van der Waals surface area contributed by atoms with Crippen molar-refractivity contribution in [3.8, 4) is 17.1 Å². The van der Waals surface area contributed by atoms with Crippen LogP contribution < -0.4 is 10.2 Å². The minimum Gasteiger partial charge on any atom is -0.496 e. The second kappa shape index (κ2) is 5.26. The Labute approximate surface area is 120 Å². The molecular weight excluding hydrogens is 270 g/mol. The second-order valence-electron chi connectivity index (χ2n) is 4.46. The van der Waals surface area contributed by atoms with Gasteiger partial charge in [-0.1, -0.05) is 12.1 Å². The Balaban J connectivity index is 2.11. The number of carbonyl (C=O) groups is 1. The summed E-state index contributed by atoms with van der Waals surface area (Å²) < 4.78 is 5.32. The van der Waals surface area contributed by atoms with Crippen LogP contribution in [0.25, 0.3) is 22.4 Å². The molecule has 3 aromatic rings. The van der Waals surface area contributed by atoms with Gasteiger partial charge in [-0.25, -0.2) is 10.5 Å². The van der Waals surface area contributed by atoms with Gasteiger partial charge in [-0.3, -0.25) is 10.0 Å². The Morgan fingerprint density at radius 3 is 2.86 bits per heavy atom. The summed E-state index contributed by atoms with van der Waals surface area (Å²) in [5.41, 5.74) is 4.23. The maximum atomic E-state index is 11.4. The monoisotopic (exact) mass is 283 g/mol. The highest BCUT2D eigenvalue weighted by molar-refractivity contribution is 5.97. The van der Waals surface area contributed by atoms with E-state index in [1.165, 1.54) is 0 Å². The van der Waals surface area contributed by atoms with E-state index < -0.39 is 5.91 Å². The summed E-state index contributed by atoms with van der Waals surface area (Å²) in [7, 11) is 1.60. The summed E-state index contributed by atoms with van der Waals surface area (Å²) in [6.07, 6.45) is 0. The molecule has 0 aliphatic rings. The lowest BCUT2D eigenvalue weighted by molar-refractivity contribution is 0.0706. The molecule has 0 aliphatic heterocycles. The summed E-state index contributed by atoms with van der Waals surface area (Å²) in [6.45, 7) is 0. The molecule has 0 saturated carbocycles. The maximum absolute atomic E-state index is 11.4. The highest BCUT2D eigenvalue weighted by Gasteiger charge is 2.12. The fraction of sp³-hybridized carbons (Fsp3) is 0.0667. The third kappa shape index (κ3) is 2.32. The van der Waals surface area contributed by atoms with E-state index in [4.69, 9.17) is 9.94 Å². The smallest absolute Gasteiger partial charge is 0.274 e. The zero-order valence-corrected chi connectivity index (χ0v) is 11.3. The van der Waals surface area contributed by atoms with Crippen molar-refractivity contribution in [3.63, 3.8) is 0 Å². The van der Waals surface area contributed by atoms with Crippen LogP contribution in [-0.4, -0.2) is 28.2 Å². The topological polar surface area (TPSA) is 87.2 Å². The highest BCUT2D eigenvalue weighted by Crippen LogP contribution is 2.29. The number of para-hydroxylation sites is 1. The maximum Gasteiger partial charge on any atom is 0.274 e. The Kier molecular flexibility index (Phi) is 3.29. The molecule has 1 aromatic heterocycles. The molecule has 2 aromatic carbocycles. The molecule has 0 atom stereocenters. The second-order valence-corrected chi connectivity index (χ2v) is 4.46. The van der Waals surface area contributed by atoms with Gasteiger partial charge < -0.3 is 9.72 Å². The molecule has 1 amide bonds. The first-order valence-corrected chi connectivity index (χ1v) is 6.30. The number of methoxy groups -OCH3 is 1. The van der Waals surface area contributed by atoms with Crippen LogP contribution in [0.3, 0.4) is 0 Å². The van der Waals surface area contributed by atoms with Gasteiger partial charge in [0.05, 0.1) is 23.7 Å². The lowest BCUT2D eigenvalue weighted by atomic mass is 10.2. The van der Waals surface area contributed by atoms with E-state index in [-0.39, 0.29) is 0 Å². The number of carbonyl (C=O) groups excluding carboxylic acids is 1. The van der Waals surface area contributed by atoms with Crippen molar-refractivity contribution in [2.24, 2.45) is 0 Å². The van der Waals surface area contributed by atoms with Gasteiger partial charge in [0.25, 0.3) is 5.91 Å². The number of nitrogens with zero attached hydrogens (tertiary/aromatic N) is 1. The van der Waals surface area contributed by atoms with Gasteiger partial charge >= 0.3 is 0 Å². The number of hydroxylamine groups is 1. The lowest BCUT2D eigenvalue weighted by Gasteiger charge is -2.04. The molecule has 6 nitrogen and oxygen atoms in total. The van der Waals surface area contributed by atoms with Crippen molar-refractivity contribution in [2.45, 2.75) is 0 Å². The molecule has 0 bridgehead atoms. The van der Waals surface area contributed by atoms with Gasteiger partial charge in [0.1, 0.15) is 11.6 Å². The molecular formula is C15H13N3O3. The fourth-order valence-electron chi connectivity index (χ4n) is 2.18. The highest BCUT2D eigenvalue weighted by atomic mass is 16.5. The molecule has 106 valence electrons. The molecule has 0 spiro atoms. The van der Waals surface area contributed by atoms with Crippen LogP contribution in [0, 0.1) is 0 Å². The number of benzene rings is 2. The Hall–Kier alpha value is -2.86. The minimum atomic E-state index is -0.564.